The topological polar surface area (TPSA) is 75.7 Å². The first kappa shape index (κ1) is 19.0. The molecule has 0 aliphatic carbocycles. The van der Waals surface area contributed by atoms with E-state index in [1.165, 1.54) is 29.6 Å². The second-order valence-corrected chi connectivity index (χ2v) is 8.13. The zero-order valence-electron chi connectivity index (χ0n) is 13.9. The van der Waals surface area contributed by atoms with E-state index in [-0.39, 0.29) is 28.3 Å². The molecule has 1 unspecified atom stereocenters. The summed E-state index contributed by atoms with van der Waals surface area (Å²) in [5, 5.41) is 3.08. The molecule has 6 nitrogen and oxygen atoms in total. The summed E-state index contributed by atoms with van der Waals surface area (Å²) in [6.45, 7) is 3.19. The SMILES string of the molecule is CCCNC(=O)C1CCCN(S(=O)(=O)c2ccc(OC)c(Cl)c2)C1. The number of amides is 1. The lowest BCUT2D eigenvalue weighted by Crippen LogP contribution is -2.45. The minimum atomic E-state index is -3.68. The van der Waals surface area contributed by atoms with E-state index < -0.39 is 10.0 Å². The zero-order valence-corrected chi connectivity index (χ0v) is 15.5. The summed E-state index contributed by atoms with van der Waals surface area (Å²) in [7, 11) is -2.21. The van der Waals surface area contributed by atoms with Crippen LogP contribution < -0.4 is 10.1 Å². The molecule has 1 saturated heterocycles. The van der Waals surface area contributed by atoms with E-state index in [1.807, 2.05) is 6.92 Å². The number of ether oxygens (including phenoxy) is 1. The standard InChI is InChI=1S/C16H23ClN2O4S/c1-3-8-18-16(20)12-5-4-9-19(11-12)24(21,22)13-6-7-15(23-2)14(17)10-13/h6-7,10,12H,3-5,8-9,11H2,1-2H3,(H,18,20). The molecule has 0 aromatic heterocycles. The lowest BCUT2D eigenvalue weighted by atomic mass is 9.99. The fourth-order valence-corrected chi connectivity index (χ4v) is 4.60. The highest BCUT2D eigenvalue weighted by molar-refractivity contribution is 7.89. The van der Waals surface area contributed by atoms with E-state index in [9.17, 15) is 13.2 Å². The molecule has 8 heteroatoms. The number of nitrogens with zero attached hydrogens (tertiary/aromatic N) is 1. The van der Waals surface area contributed by atoms with Crippen molar-refractivity contribution in [3.8, 4) is 5.75 Å². The van der Waals surface area contributed by atoms with Crippen molar-refractivity contribution < 1.29 is 17.9 Å². The average molecular weight is 375 g/mol. The maximum absolute atomic E-state index is 12.8. The number of carbonyl (C=O) groups is 1. The smallest absolute Gasteiger partial charge is 0.243 e. The molecule has 0 bridgehead atoms. The molecule has 134 valence electrons. The number of methoxy groups -OCH3 is 1. The third-order valence-corrected chi connectivity index (χ3v) is 6.22. The van der Waals surface area contributed by atoms with Crippen molar-refractivity contribution in [2.24, 2.45) is 5.92 Å². The summed E-state index contributed by atoms with van der Waals surface area (Å²) in [6.07, 6.45) is 2.21. The molecule has 1 atom stereocenters. The number of hydrogen-bond acceptors (Lipinski definition) is 4. The fraction of sp³-hybridized carbons (Fsp3) is 0.562. The van der Waals surface area contributed by atoms with Crippen molar-refractivity contribution in [2.45, 2.75) is 31.1 Å². The number of nitrogens with one attached hydrogen (secondary N) is 1. The van der Waals surface area contributed by atoms with Gasteiger partial charge in [0.25, 0.3) is 0 Å². The fourth-order valence-electron chi connectivity index (χ4n) is 2.72. The summed E-state index contributed by atoms with van der Waals surface area (Å²) in [4.78, 5) is 12.2. The van der Waals surface area contributed by atoms with Gasteiger partial charge in [0.05, 0.1) is 22.9 Å². The molecule has 24 heavy (non-hydrogen) atoms. The lowest BCUT2D eigenvalue weighted by molar-refractivity contribution is -0.126. The van der Waals surface area contributed by atoms with Gasteiger partial charge in [-0.1, -0.05) is 18.5 Å². The van der Waals surface area contributed by atoms with Gasteiger partial charge in [0.1, 0.15) is 5.75 Å². The van der Waals surface area contributed by atoms with Gasteiger partial charge < -0.3 is 10.1 Å². The van der Waals surface area contributed by atoms with E-state index >= 15 is 0 Å². The molecule has 2 rings (SSSR count). The Bertz CT molecular complexity index is 693. The maximum atomic E-state index is 12.8. The van der Waals surface area contributed by atoms with E-state index in [2.05, 4.69) is 5.32 Å². The minimum absolute atomic E-state index is 0.0792. The Balaban J connectivity index is 2.16. The third kappa shape index (κ3) is 4.20. The Hall–Kier alpha value is -1.31. The number of hydrogen-bond donors (Lipinski definition) is 1. The molecule has 1 aromatic rings. The van der Waals surface area contributed by atoms with Crippen LogP contribution in [0.25, 0.3) is 0 Å². The van der Waals surface area contributed by atoms with Gasteiger partial charge in [-0.15, -0.1) is 0 Å². The van der Waals surface area contributed by atoms with Gasteiger partial charge in [0.15, 0.2) is 0 Å². The van der Waals surface area contributed by atoms with Gasteiger partial charge in [-0.2, -0.15) is 4.31 Å². The highest BCUT2D eigenvalue weighted by Gasteiger charge is 2.33. The summed E-state index contributed by atoms with van der Waals surface area (Å²) in [6, 6.07) is 4.39. The van der Waals surface area contributed by atoms with Crippen LogP contribution in [0.1, 0.15) is 26.2 Å². The summed E-state index contributed by atoms with van der Waals surface area (Å²) in [5.74, 6) is 0.0318. The first-order valence-corrected chi connectivity index (χ1v) is 9.83. The average Bonchev–Trinajstić information content (AvgIpc) is 2.59. The van der Waals surface area contributed by atoms with Crippen molar-refractivity contribution in [2.75, 3.05) is 26.7 Å². The van der Waals surface area contributed by atoms with Crippen molar-refractivity contribution >= 4 is 27.5 Å². The lowest BCUT2D eigenvalue weighted by Gasteiger charge is -2.31. The van der Waals surface area contributed by atoms with E-state index in [1.54, 1.807) is 0 Å². The predicted molar refractivity (Wildman–Crippen MR) is 92.8 cm³/mol. The second kappa shape index (κ2) is 8.18. The summed E-state index contributed by atoms with van der Waals surface area (Å²) < 4.78 is 32.0. The second-order valence-electron chi connectivity index (χ2n) is 5.79. The number of piperidine rings is 1. The predicted octanol–water partition coefficient (Wildman–Crippen LogP) is 2.28. The Morgan fingerprint density at radius 1 is 1.46 bits per heavy atom. The number of rotatable bonds is 6. The molecular weight excluding hydrogens is 352 g/mol. The molecule has 1 aromatic carbocycles. The van der Waals surface area contributed by atoms with Crippen molar-refractivity contribution in [3.05, 3.63) is 23.2 Å². The summed E-state index contributed by atoms with van der Waals surface area (Å²) >= 11 is 6.04. The third-order valence-electron chi connectivity index (χ3n) is 4.07. The maximum Gasteiger partial charge on any atom is 0.243 e. The molecule has 1 amide bonds. The summed E-state index contributed by atoms with van der Waals surface area (Å²) in [5.41, 5.74) is 0. The van der Waals surface area contributed by atoms with Crippen LogP contribution in [-0.4, -0.2) is 45.4 Å². The first-order valence-electron chi connectivity index (χ1n) is 8.01. The number of carbonyl (C=O) groups excluding carboxylic acids is 1. The Morgan fingerprint density at radius 2 is 2.21 bits per heavy atom. The molecule has 1 fully saturated rings. The Morgan fingerprint density at radius 3 is 2.83 bits per heavy atom. The number of benzene rings is 1. The normalized spacial score (nSPS) is 19.0. The van der Waals surface area contributed by atoms with Crippen molar-refractivity contribution in [3.63, 3.8) is 0 Å². The number of halogens is 1. The molecule has 0 saturated carbocycles. The molecule has 1 heterocycles. The molecule has 0 radical (unpaired) electrons. The van der Waals surface area contributed by atoms with Gasteiger partial charge >= 0.3 is 0 Å². The first-order chi connectivity index (χ1) is 11.4. The van der Waals surface area contributed by atoms with Gasteiger partial charge in [-0.05, 0) is 37.5 Å². The largest absolute Gasteiger partial charge is 0.495 e. The van der Waals surface area contributed by atoms with E-state index in [0.29, 0.717) is 31.7 Å². The van der Waals surface area contributed by atoms with Crippen LogP contribution in [0, 0.1) is 5.92 Å². The highest BCUT2D eigenvalue weighted by atomic mass is 35.5. The van der Waals surface area contributed by atoms with Crippen molar-refractivity contribution in [1.82, 2.24) is 9.62 Å². The van der Waals surface area contributed by atoms with E-state index in [4.69, 9.17) is 16.3 Å². The zero-order chi connectivity index (χ0) is 17.7. The van der Waals surface area contributed by atoms with Crippen molar-refractivity contribution in [1.29, 1.82) is 0 Å². The number of sulfonamides is 1. The quantitative estimate of drug-likeness (QED) is 0.828. The van der Waals surface area contributed by atoms with Crippen LogP contribution in [0.15, 0.2) is 23.1 Å². The van der Waals surface area contributed by atoms with Gasteiger partial charge in [0, 0.05) is 19.6 Å². The Labute approximate surface area is 148 Å². The van der Waals surface area contributed by atoms with Gasteiger partial charge in [-0.25, -0.2) is 8.42 Å². The molecule has 1 N–H and O–H groups in total. The molecule has 1 aliphatic rings. The monoisotopic (exact) mass is 374 g/mol. The van der Waals surface area contributed by atoms with Crippen LogP contribution in [0.2, 0.25) is 5.02 Å². The van der Waals surface area contributed by atoms with Crippen LogP contribution in [0.5, 0.6) is 5.75 Å². The molecule has 1 aliphatic heterocycles. The molecular formula is C16H23ClN2O4S. The Kier molecular flexibility index (Phi) is 6.48. The van der Waals surface area contributed by atoms with Gasteiger partial charge in [0.2, 0.25) is 15.9 Å². The van der Waals surface area contributed by atoms with Crippen LogP contribution in [0.3, 0.4) is 0 Å². The van der Waals surface area contributed by atoms with E-state index in [0.717, 1.165) is 6.42 Å². The van der Waals surface area contributed by atoms with Crippen LogP contribution >= 0.6 is 11.6 Å². The highest BCUT2D eigenvalue weighted by Crippen LogP contribution is 2.30. The minimum Gasteiger partial charge on any atom is -0.495 e. The van der Waals surface area contributed by atoms with Crippen LogP contribution in [-0.2, 0) is 14.8 Å². The molecule has 0 spiro atoms. The van der Waals surface area contributed by atoms with Crippen LogP contribution in [0.4, 0.5) is 0 Å². The van der Waals surface area contributed by atoms with Gasteiger partial charge in [-0.3, -0.25) is 4.79 Å².